The number of nitrogens with zero attached hydrogens (tertiary/aromatic N) is 1. The maximum Gasteiger partial charge on any atom is 0.305 e. The van der Waals surface area contributed by atoms with Crippen LogP contribution in [0.5, 0.6) is 0 Å². The van der Waals surface area contributed by atoms with E-state index >= 15 is 0 Å². The molecule has 0 saturated carbocycles. The summed E-state index contributed by atoms with van der Waals surface area (Å²) >= 11 is 0. The lowest BCUT2D eigenvalue weighted by atomic mass is 9.94. The highest BCUT2D eigenvalue weighted by Crippen LogP contribution is 2.22. The van der Waals surface area contributed by atoms with Crippen molar-refractivity contribution in [2.75, 3.05) is 13.7 Å². The Hall–Kier alpha value is -2.25. The van der Waals surface area contributed by atoms with Gasteiger partial charge in [0.25, 0.3) is 0 Å². The van der Waals surface area contributed by atoms with Crippen LogP contribution in [0.2, 0.25) is 0 Å². The van der Waals surface area contributed by atoms with Crippen LogP contribution in [0, 0.1) is 6.92 Å². The van der Waals surface area contributed by atoms with Gasteiger partial charge in [0.05, 0.1) is 12.0 Å². The summed E-state index contributed by atoms with van der Waals surface area (Å²) in [5.74, 6) is -0.179. The fourth-order valence-corrected chi connectivity index (χ4v) is 4.04. The minimum atomic E-state index is -3.56. The number of pyridine rings is 1. The van der Waals surface area contributed by atoms with Crippen molar-refractivity contribution in [1.29, 1.82) is 0 Å². The fourth-order valence-electron chi connectivity index (χ4n) is 2.95. The van der Waals surface area contributed by atoms with Gasteiger partial charge in [0.2, 0.25) is 10.0 Å². The Labute approximate surface area is 167 Å². The number of benzene rings is 1. The number of rotatable bonds is 11. The molecule has 0 aliphatic carbocycles. The van der Waals surface area contributed by atoms with Gasteiger partial charge in [-0.3, -0.25) is 9.78 Å². The van der Waals surface area contributed by atoms with Crippen molar-refractivity contribution in [2.45, 2.75) is 49.8 Å². The van der Waals surface area contributed by atoms with Gasteiger partial charge < -0.3 is 4.74 Å². The lowest BCUT2D eigenvalue weighted by molar-refractivity contribution is -0.140. The van der Waals surface area contributed by atoms with Crippen molar-refractivity contribution in [1.82, 2.24) is 9.71 Å². The van der Waals surface area contributed by atoms with Crippen LogP contribution in [0.4, 0.5) is 0 Å². The number of methoxy groups -OCH3 is 1. The molecule has 6 nitrogen and oxygen atoms in total. The van der Waals surface area contributed by atoms with Crippen LogP contribution in [-0.4, -0.2) is 33.0 Å². The molecule has 0 aliphatic heterocycles. The van der Waals surface area contributed by atoms with Crippen molar-refractivity contribution in [3.05, 3.63) is 59.9 Å². The monoisotopic (exact) mass is 404 g/mol. The Morgan fingerprint density at radius 3 is 2.54 bits per heavy atom. The normalized spacial score (nSPS) is 12.5. The lowest BCUT2D eigenvalue weighted by Crippen LogP contribution is -2.28. The third-order valence-corrected chi connectivity index (χ3v) is 6.11. The Bertz CT molecular complexity index is 836. The maximum atomic E-state index is 12.6. The molecule has 0 aliphatic rings. The number of ether oxygens (including phenoxy) is 1. The van der Waals surface area contributed by atoms with E-state index in [-0.39, 0.29) is 16.8 Å². The molecule has 1 N–H and O–H groups in total. The summed E-state index contributed by atoms with van der Waals surface area (Å²) in [6, 6.07) is 10.6. The van der Waals surface area contributed by atoms with E-state index in [1.807, 2.05) is 19.1 Å². The average molecular weight is 405 g/mol. The van der Waals surface area contributed by atoms with Crippen LogP contribution in [0.25, 0.3) is 0 Å². The van der Waals surface area contributed by atoms with Crippen LogP contribution in [0.1, 0.15) is 49.1 Å². The second-order valence-electron chi connectivity index (χ2n) is 6.82. The minimum Gasteiger partial charge on any atom is -0.469 e. The molecule has 0 amide bonds. The van der Waals surface area contributed by atoms with Gasteiger partial charge in [-0.1, -0.05) is 36.6 Å². The molecule has 28 heavy (non-hydrogen) atoms. The lowest BCUT2D eigenvalue weighted by Gasteiger charge is -2.18. The molecule has 7 heteroatoms. The summed E-state index contributed by atoms with van der Waals surface area (Å²) in [4.78, 5) is 15.6. The van der Waals surface area contributed by atoms with Gasteiger partial charge in [-0.05, 0) is 49.4 Å². The van der Waals surface area contributed by atoms with Crippen molar-refractivity contribution >= 4 is 16.0 Å². The van der Waals surface area contributed by atoms with E-state index in [9.17, 15) is 13.2 Å². The number of unbranched alkanes of at least 4 members (excludes halogenated alkanes) is 2. The summed E-state index contributed by atoms with van der Waals surface area (Å²) < 4.78 is 32.6. The van der Waals surface area contributed by atoms with E-state index < -0.39 is 10.0 Å². The van der Waals surface area contributed by atoms with Gasteiger partial charge in [-0.2, -0.15) is 0 Å². The van der Waals surface area contributed by atoms with E-state index in [0.29, 0.717) is 13.0 Å². The largest absolute Gasteiger partial charge is 0.469 e. The van der Waals surface area contributed by atoms with Crippen LogP contribution in [-0.2, 0) is 19.6 Å². The van der Waals surface area contributed by atoms with E-state index in [2.05, 4.69) is 14.4 Å². The van der Waals surface area contributed by atoms with Crippen molar-refractivity contribution in [3.8, 4) is 0 Å². The summed E-state index contributed by atoms with van der Waals surface area (Å²) in [7, 11) is -2.17. The zero-order valence-electron chi connectivity index (χ0n) is 16.4. The van der Waals surface area contributed by atoms with Crippen molar-refractivity contribution in [2.24, 2.45) is 0 Å². The van der Waals surface area contributed by atoms with Gasteiger partial charge in [-0.25, -0.2) is 13.1 Å². The maximum absolute atomic E-state index is 12.6. The highest BCUT2D eigenvalue weighted by molar-refractivity contribution is 7.89. The molecule has 152 valence electrons. The molecule has 0 radical (unpaired) electrons. The molecule has 2 rings (SSSR count). The van der Waals surface area contributed by atoms with Gasteiger partial charge in [0, 0.05) is 25.4 Å². The number of hydrogen-bond donors (Lipinski definition) is 1. The van der Waals surface area contributed by atoms with E-state index in [1.54, 1.807) is 36.7 Å². The molecular formula is C21H28N2O4S. The molecule has 1 aromatic carbocycles. The molecular weight excluding hydrogens is 376 g/mol. The fraction of sp³-hybridized carbons (Fsp3) is 0.429. The standard InChI is InChI=1S/C21H28N2O4S/c1-17-10-12-20(13-11-17)28(25,26)23-16-19(18-8-6-14-22-15-18)7-4-3-5-9-21(24)27-2/h6,8,10-15,19,23H,3-5,7,9,16H2,1-2H3. The molecule has 1 unspecified atom stereocenters. The van der Waals surface area contributed by atoms with Gasteiger partial charge in [0.15, 0.2) is 0 Å². The number of aryl methyl sites for hydroxylation is 1. The summed E-state index contributed by atoms with van der Waals surface area (Å²) in [5, 5.41) is 0. The Kier molecular flexibility index (Phi) is 8.60. The topological polar surface area (TPSA) is 85.4 Å². The van der Waals surface area contributed by atoms with Gasteiger partial charge >= 0.3 is 5.97 Å². The minimum absolute atomic E-state index is 0.0204. The highest BCUT2D eigenvalue weighted by atomic mass is 32.2. The average Bonchev–Trinajstić information content (AvgIpc) is 2.70. The van der Waals surface area contributed by atoms with Gasteiger partial charge in [0.1, 0.15) is 0 Å². The highest BCUT2D eigenvalue weighted by Gasteiger charge is 2.18. The summed E-state index contributed by atoms with van der Waals surface area (Å²) in [6.07, 6.45) is 7.24. The first-order chi connectivity index (χ1) is 13.4. The molecule has 0 saturated heterocycles. The van der Waals surface area contributed by atoms with Gasteiger partial charge in [-0.15, -0.1) is 0 Å². The Morgan fingerprint density at radius 2 is 1.89 bits per heavy atom. The third-order valence-electron chi connectivity index (χ3n) is 4.67. The molecule has 2 aromatic rings. The summed E-state index contributed by atoms with van der Waals surface area (Å²) in [6.45, 7) is 2.22. The zero-order chi connectivity index (χ0) is 20.4. The number of carbonyl (C=O) groups is 1. The van der Waals surface area contributed by atoms with E-state index in [4.69, 9.17) is 0 Å². The molecule has 0 spiro atoms. The second kappa shape index (κ2) is 10.9. The molecule has 1 heterocycles. The number of nitrogens with one attached hydrogen (secondary N) is 1. The number of esters is 1. The third kappa shape index (κ3) is 7.05. The molecule has 0 bridgehead atoms. The molecule has 1 atom stereocenters. The Morgan fingerprint density at radius 1 is 1.14 bits per heavy atom. The second-order valence-corrected chi connectivity index (χ2v) is 8.59. The van der Waals surface area contributed by atoms with Crippen LogP contribution >= 0.6 is 0 Å². The quantitative estimate of drug-likeness (QED) is 0.457. The molecule has 0 fully saturated rings. The van der Waals surface area contributed by atoms with Crippen LogP contribution < -0.4 is 4.72 Å². The predicted molar refractivity (Wildman–Crippen MR) is 108 cm³/mol. The Balaban J connectivity index is 1.96. The number of hydrogen-bond acceptors (Lipinski definition) is 5. The van der Waals surface area contributed by atoms with Crippen LogP contribution in [0.15, 0.2) is 53.7 Å². The molecule has 1 aromatic heterocycles. The van der Waals surface area contributed by atoms with E-state index in [1.165, 1.54) is 7.11 Å². The van der Waals surface area contributed by atoms with Crippen molar-refractivity contribution in [3.63, 3.8) is 0 Å². The number of carbonyl (C=O) groups excluding carboxylic acids is 1. The first kappa shape index (κ1) is 22.0. The first-order valence-electron chi connectivity index (χ1n) is 9.45. The van der Waals surface area contributed by atoms with Crippen molar-refractivity contribution < 1.29 is 17.9 Å². The first-order valence-corrected chi connectivity index (χ1v) is 10.9. The smallest absolute Gasteiger partial charge is 0.305 e. The number of sulfonamides is 1. The summed E-state index contributed by atoms with van der Waals surface area (Å²) in [5.41, 5.74) is 2.02. The number of aromatic nitrogens is 1. The zero-order valence-corrected chi connectivity index (χ0v) is 17.2. The predicted octanol–water partition coefficient (Wildman–Crippen LogP) is 3.58. The SMILES string of the molecule is COC(=O)CCCCCC(CNS(=O)(=O)c1ccc(C)cc1)c1cccnc1. The van der Waals surface area contributed by atoms with E-state index in [0.717, 1.165) is 36.8 Å². The van der Waals surface area contributed by atoms with Crippen LogP contribution in [0.3, 0.4) is 0 Å².